The van der Waals surface area contributed by atoms with Gasteiger partial charge in [0.2, 0.25) is 12.7 Å². The Labute approximate surface area is 154 Å². The highest BCUT2D eigenvalue weighted by molar-refractivity contribution is 5.44. The molecule has 4 atom stereocenters. The largest absolute Gasteiger partial charge is 0.465 e. The van der Waals surface area contributed by atoms with Crippen molar-refractivity contribution in [3.05, 3.63) is 29.8 Å². The van der Waals surface area contributed by atoms with Crippen LogP contribution in [0, 0.1) is 0 Å². The first-order chi connectivity index (χ1) is 12.5. The maximum atomic E-state index is 9.70. The summed E-state index contributed by atoms with van der Waals surface area (Å²) in [6.45, 7) is 4.16. The monoisotopic (exact) mass is 373 g/mol. The molecule has 4 N–H and O–H groups in total. The van der Waals surface area contributed by atoms with Gasteiger partial charge in [-0.2, -0.15) is 0 Å². The molecule has 1 aliphatic rings. The SMILES string of the molecule is CC.CNC=O.COCc1ccc(OC2CC(O)C(O)C(CO)O2)cc1. The van der Waals surface area contributed by atoms with Gasteiger partial charge in [0.25, 0.3) is 0 Å². The van der Waals surface area contributed by atoms with E-state index >= 15 is 0 Å². The number of aliphatic hydroxyl groups excluding tert-OH is 3. The van der Waals surface area contributed by atoms with Crippen LogP contribution in [0.5, 0.6) is 5.75 Å². The lowest BCUT2D eigenvalue weighted by Gasteiger charge is -2.36. The molecule has 150 valence electrons. The number of rotatable bonds is 6. The van der Waals surface area contributed by atoms with Crippen molar-refractivity contribution < 1.29 is 34.3 Å². The number of ether oxygens (including phenoxy) is 3. The molecule has 0 spiro atoms. The zero-order valence-corrected chi connectivity index (χ0v) is 15.8. The van der Waals surface area contributed by atoms with Gasteiger partial charge in [-0.15, -0.1) is 0 Å². The van der Waals surface area contributed by atoms with Crippen LogP contribution in [0.2, 0.25) is 0 Å². The Morgan fingerprint density at radius 2 is 1.85 bits per heavy atom. The van der Waals surface area contributed by atoms with Crippen LogP contribution in [0.3, 0.4) is 0 Å². The average molecular weight is 373 g/mol. The summed E-state index contributed by atoms with van der Waals surface area (Å²) in [5.74, 6) is 0.593. The van der Waals surface area contributed by atoms with Gasteiger partial charge in [0.15, 0.2) is 0 Å². The van der Waals surface area contributed by atoms with Crippen LogP contribution in [0.4, 0.5) is 0 Å². The van der Waals surface area contributed by atoms with Gasteiger partial charge in [0, 0.05) is 20.6 Å². The lowest BCUT2D eigenvalue weighted by molar-refractivity contribution is -0.229. The van der Waals surface area contributed by atoms with Crippen molar-refractivity contribution in [2.75, 3.05) is 20.8 Å². The molecule has 26 heavy (non-hydrogen) atoms. The van der Waals surface area contributed by atoms with Crippen molar-refractivity contribution in [2.45, 2.75) is 51.5 Å². The second-order valence-electron chi connectivity index (χ2n) is 5.18. The fourth-order valence-electron chi connectivity index (χ4n) is 2.13. The summed E-state index contributed by atoms with van der Waals surface area (Å²) in [7, 11) is 3.19. The third-order valence-corrected chi connectivity index (χ3v) is 3.34. The zero-order valence-electron chi connectivity index (χ0n) is 15.8. The minimum Gasteiger partial charge on any atom is -0.465 e. The second-order valence-corrected chi connectivity index (χ2v) is 5.18. The van der Waals surface area contributed by atoms with E-state index in [2.05, 4.69) is 5.32 Å². The molecule has 8 nitrogen and oxygen atoms in total. The molecule has 0 aliphatic carbocycles. The van der Waals surface area contributed by atoms with Crippen molar-refractivity contribution >= 4 is 6.41 Å². The Kier molecular flexibility index (Phi) is 13.5. The van der Waals surface area contributed by atoms with Gasteiger partial charge in [0.05, 0.1) is 19.3 Å². The third kappa shape index (κ3) is 8.59. The normalized spacial score (nSPS) is 24.3. The summed E-state index contributed by atoms with van der Waals surface area (Å²) in [6.07, 6.45) is -2.82. The molecule has 0 saturated carbocycles. The Morgan fingerprint density at radius 3 is 2.31 bits per heavy atom. The maximum Gasteiger partial charge on any atom is 0.206 e. The number of hydrogen-bond donors (Lipinski definition) is 4. The molecule has 1 heterocycles. The summed E-state index contributed by atoms with van der Waals surface area (Å²) in [6, 6.07) is 7.30. The molecule has 0 radical (unpaired) electrons. The predicted octanol–water partition coefficient (Wildman–Crippen LogP) is 0.429. The van der Waals surface area contributed by atoms with Crippen LogP contribution in [-0.4, -0.2) is 67.1 Å². The molecule has 8 heteroatoms. The standard InChI is InChI=1S/C14H20O6.C2H5NO.C2H6/c1-18-8-9-2-4-10(5-3-9)19-13-6-11(16)14(17)12(7-15)20-13;1-3-2-4;1-2/h2-5,11-17H,6-8H2,1H3;2H,1H3,(H,3,4);1-2H3. The molecule has 0 bridgehead atoms. The van der Waals surface area contributed by atoms with E-state index in [9.17, 15) is 10.2 Å². The topological polar surface area (TPSA) is 117 Å². The van der Waals surface area contributed by atoms with Crippen LogP contribution in [0.15, 0.2) is 24.3 Å². The maximum absolute atomic E-state index is 9.70. The molecule has 1 aliphatic heterocycles. The van der Waals surface area contributed by atoms with Gasteiger partial charge in [-0.3, -0.25) is 4.79 Å². The lowest BCUT2D eigenvalue weighted by atomic mass is 10.0. The summed E-state index contributed by atoms with van der Waals surface area (Å²) >= 11 is 0. The van der Waals surface area contributed by atoms with Crippen molar-refractivity contribution in [3.63, 3.8) is 0 Å². The number of carbonyl (C=O) groups is 1. The highest BCUT2D eigenvalue weighted by Gasteiger charge is 2.37. The molecule has 2 rings (SSSR count). The van der Waals surface area contributed by atoms with Crippen LogP contribution in [-0.2, 0) is 20.9 Å². The van der Waals surface area contributed by atoms with Crippen molar-refractivity contribution in [1.82, 2.24) is 5.32 Å². The third-order valence-electron chi connectivity index (χ3n) is 3.34. The number of amides is 1. The van der Waals surface area contributed by atoms with Gasteiger partial charge < -0.3 is 34.8 Å². The van der Waals surface area contributed by atoms with Gasteiger partial charge in [-0.05, 0) is 17.7 Å². The number of benzene rings is 1. The molecule has 1 saturated heterocycles. The van der Waals surface area contributed by atoms with E-state index < -0.39 is 24.6 Å². The number of aliphatic hydroxyl groups is 3. The number of methoxy groups -OCH3 is 1. The smallest absolute Gasteiger partial charge is 0.206 e. The minimum absolute atomic E-state index is 0.150. The number of nitrogens with one attached hydrogen (secondary N) is 1. The van der Waals surface area contributed by atoms with E-state index in [-0.39, 0.29) is 13.0 Å². The number of hydrogen-bond acceptors (Lipinski definition) is 7. The van der Waals surface area contributed by atoms with Gasteiger partial charge in [0.1, 0.15) is 18.0 Å². The van der Waals surface area contributed by atoms with Crippen molar-refractivity contribution in [3.8, 4) is 5.75 Å². The Balaban J connectivity index is 0.000000920. The van der Waals surface area contributed by atoms with Crippen LogP contribution >= 0.6 is 0 Å². The molecule has 0 aromatic heterocycles. The van der Waals surface area contributed by atoms with E-state index in [0.717, 1.165) is 5.56 Å². The molecule has 4 unspecified atom stereocenters. The summed E-state index contributed by atoms with van der Waals surface area (Å²) in [5, 5.41) is 30.7. The minimum atomic E-state index is -1.09. The molecule has 1 aromatic rings. The molecule has 1 aromatic carbocycles. The van der Waals surface area contributed by atoms with E-state index in [1.807, 2.05) is 26.0 Å². The molecular formula is C18H31NO7. The van der Waals surface area contributed by atoms with E-state index in [1.165, 1.54) is 0 Å². The fourth-order valence-corrected chi connectivity index (χ4v) is 2.13. The zero-order chi connectivity index (χ0) is 19.9. The van der Waals surface area contributed by atoms with E-state index in [4.69, 9.17) is 24.1 Å². The molecule has 1 fully saturated rings. The first kappa shape index (κ1) is 24.3. The summed E-state index contributed by atoms with van der Waals surface area (Å²) in [5.41, 5.74) is 1.02. The second kappa shape index (κ2) is 14.5. The van der Waals surface area contributed by atoms with E-state index in [0.29, 0.717) is 18.8 Å². The Morgan fingerprint density at radius 1 is 1.27 bits per heavy atom. The first-order valence-electron chi connectivity index (χ1n) is 8.53. The summed E-state index contributed by atoms with van der Waals surface area (Å²) < 4.78 is 16.0. The lowest BCUT2D eigenvalue weighted by Crippen LogP contribution is -2.51. The van der Waals surface area contributed by atoms with Crippen molar-refractivity contribution in [1.29, 1.82) is 0 Å². The van der Waals surface area contributed by atoms with Crippen LogP contribution < -0.4 is 10.1 Å². The highest BCUT2D eigenvalue weighted by Crippen LogP contribution is 2.23. The molecular weight excluding hydrogens is 342 g/mol. The Hall–Kier alpha value is -1.71. The van der Waals surface area contributed by atoms with Crippen LogP contribution in [0.25, 0.3) is 0 Å². The summed E-state index contributed by atoms with van der Waals surface area (Å²) in [4.78, 5) is 9.06. The van der Waals surface area contributed by atoms with Crippen molar-refractivity contribution in [2.24, 2.45) is 0 Å². The van der Waals surface area contributed by atoms with Gasteiger partial charge in [-0.25, -0.2) is 0 Å². The predicted molar refractivity (Wildman–Crippen MR) is 96.6 cm³/mol. The quantitative estimate of drug-likeness (QED) is 0.534. The van der Waals surface area contributed by atoms with E-state index in [1.54, 1.807) is 26.3 Å². The Bertz CT molecular complexity index is 469. The molecule has 1 amide bonds. The van der Waals surface area contributed by atoms with Crippen LogP contribution in [0.1, 0.15) is 25.8 Å². The number of carbonyl (C=O) groups excluding carboxylic acids is 1. The fraction of sp³-hybridized carbons (Fsp3) is 0.611. The first-order valence-corrected chi connectivity index (χ1v) is 8.53. The average Bonchev–Trinajstić information content (AvgIpc) is 2.68. The van der Waals surface area contributed by atoms with Gasteiger partial charge >= 0.3 is 0 Å². The van der Waals surface area contributed by atoms with Gasteiger partial charge in [-0.1, -0.05) is 26.0 Å². The highest BCUT2D eigenvalue weighted by atomic mass is 16.7.